The molecule has 0 bridgehead atoms. The average Bonchev–Trinajstić information content (AvgIpc) is 2.04. The van der Waals surface area contributed by atoms with Crippen LogP contribution in [-0.4, -0.2) is 0 Å². The molecule has 0 unspecified atom stereocenters. The van der Waals surface area contributed by atoms with Gasteiger partial charge < -0.3 is 0 Å². The Labute approximate surface area is 68.0 Å². The molecule has 0 saturated carbocycles. The van der Waals surface area contributed by atoms with Crippen molar-refractivity contribution in [3.05, 3.63) is 48.0 Å². The summed E-state index contributed by atoms with van der Waals surface area (Å²) >= 11 is 0. The molecule has 11 heavy (non-hydrogen) atoms. The summed E-state index contributed by atoms with van der Waals surface area (Å²) in [5.41, 5.74) is 1.32. The van der Waals surface area contributed by atoms with Crippen molar-refractivity contribution in [1.82, 2.24) is 0 Å². The van der Waals surface area contributed by atoms with Crippen LogP contribution in [0.4, 0.5) is 0 Å². The third-order valence-corrected chi connectivity index (χ3v) is 1.90. The molecular weight excluding hydrogens is 132 g/mol. The number of benzene rings is 2. The summed E-state index contributed by atoms with van der Waals surface area (Å²) in [5, 5.41) is 2.64. The van der Waals surface area contributed by atoms with Crippen molar-refractivity contribution < 1.29 is 1.43 Å². The first-order chi connectivity index (χ1) is 5.36. The van der Waals surface area contributed by atoms with E-state index in [1.165, 1.54) is 16.3 Å². The van der Waals surface area contributed by atoms with Gasteiger partial charge in [0.25, 0.3) is 0 Å². The lowest BCUT2D eigenvalue weighted by atomic mass is 10.1. The largest absolute Gasteiger partial charge is 1.00 e. The van der Waals surface area contributed by atoms with Gasteiger partial charge in [0.05, 0.1) is 0 Å². The van der Waals surface area contributed by atoms with Crippen LogP contribution in [0.3, 0.4) is 0 Å². The number of fused-ring (bicyclic) bond motifs is 1. The van der Waals surface area contributed by atoms with Crippen molar-refractivity contribution in [2.75, 3.05) is 0 Å². The molecule has 0 aliphatic heterocycles. The number of hydrogen-bond donors (Lipinski definition) is 0. The first-order valence-corrected chi connectivity index (χ1v) is 3.82. The molecule has 0 amide bonds. The SMILES string of the molecule is Cc1ccc2ccccc2c1.[H+]. The van der Waals surface area contributed by atoms with Gasteiger partial charge >= 0.3 is 1.43 Å². The van der Waals surface area contributed by atoms with Gasteiger partial charge in [-0.25, -0.2) is 0 Å². The predicted molar refractivity (Wildman–Crippen MR) is 49.8 cm³/mol. The van der Waals surface area contributed by atoms with Gasteiger partial charge in [-0.3, -0.25) is 0 Å². The van der Waals surface area contributed by atoms with E-state index in [4.69, 9.17) is 0 Å². The van der Waals surface area contributed by atoms with Gasteiger partial charge in [-0.05, 0) is 17.7 Å². The van der Waals surface area contributed by atoms with Crippen molar-refractivity contribution >= 4 is 10.8 Å². The lowest BCUT2D eigenvalue weighted by molar-refractivity contribution is 1.51. The highest BCUT2D eigenvalue weighted by atomic mass is 13.9. The summed E-state index contributed by atoms with van der Waals surface area (Å²) in [6.45, 7) is 2.12. The van der Waals surface area contributed by atoms with Crippen LogP contribution in [0, 0.1) is 6.92 Å². The third kappa shape index (κ3) is 1.12. The standard InChI is InChI=1S/C11H10/c1-9-6-7-10-4-2-3-5-11(10)8-9/h2-8H,1H3/p+1. The Hall–Kier alpha value is -1.30. The zero-order valence-corrected chi connectivity index (χ0v) is 6.54. The minimum Gasteiger partial charge on any atom is -0.0616 e. The lowest BCUT2D eigenvalue weighted by Gasteiger charge is -1.96. The molecule has 2 aromatic carbocycles. The lowest BCUT2D eigenvalue weighted by Crippen LogP contribution is -1.73. The van der Waals surface area contributed by atoms with Gasteiger partial charge in [-0.1, -0.05) is 48.0 Å². The fourth-order valence-corrected chi connectivity index (χ4v) is 1.31. The summed E-state index contributed by atoms with van der Waals surface area (Å²) in [7, 11) is 0. The summed E-state index contributed by atoms with van der Waals surface area (Å²) in [6, 6.07) is 14.9. The molecule has 0 heterocycles. The summed E-state index contributed by atoms with van der Waals surface area (Å²) < 4.78 is 0. The van der Waals surface area contributed by atoms with Crippen LogP contribution < -0.4 is 0 Å². The zero-order valence-electron chi connectivity index (χ0n) is 7.54. The molecule has 0 atom stereocenters. The second kappa shape index (κ2) is 2.39. The van der Waals surface area contributed by atoms with Gasteiger partial charge in [0, 0.05) is 0 Å². The highest BCUT2D eigenvalue weighted by Crippen LogP contribution is 2.14. The van der Waals surface area contributed by atoms with Gasteiger partial charge in [0.15, 0.2) is 0 Å². The maximum absolute atomic E-state index is 2.20. The summed E-state index contributed by atoms with van der Waals surface area (Å²) in [6.07, 6.45) is 0. The Balaban J connectivity index is 0.000000720. The monoisotopic (exact) mass is 143 g/mol. The molecule has 2 aromatic rings. The Morgan fingerprint density at radius 1 is 0.909 bits per heavy atom. The first kappa shape index (κ1) is 6.41. The van der Waals surface area contributed by atoms with E-state index >= 15 is 0 Å². The quantitative estimate of drug-likeness (QED) is 0.531. The molecule has 0 radical (unpaired) electrons. The van der Waals surface area contributed by atoms with E-state index in [0.717, 1.165) is 0 Å². The van der Waals surface area contributed by atoms with E-state index in [0.29, 0.717) is 0 Å². The Bertz CT molecular complexity index is 379. The Kier molecular flexibility index (Phi) is 1.39. The molecule has 0 spiro atoms. The smallest absolute Gasteiger partial charge is 0.0616 e. The Morgan fingerprint density at radius 3 is 2.45 bits per heavy atom. The van der Waals surface area contributed by atoms with E-state index < -0.39 is 0 Å². The Morgan fingerprint density at radius 2 is 1.64 bits per heavy atom. The number of aryl methyl sites for hydroxylation is 1. The molecule has 0 aliphatic carbocycles. The second-order valence-electron chi connectivity index (χ2n) is 2.85. The minimum atomic E-state index is 0. The number of hydrogen-bond acceptors (Lipinski definition) is 0. The maximum atomic E-state index is 2.20. The van der Waals surface area contributed by atoms with Gasteiger partial charge in [0.1, 0.15) is 0 Å². The normalized spacial score (nSPS) is 10.3. The maximum Gasteiger partial charge on any atom is 1.00 e. The van der Waals surface area contributed by atoms with Gasteiger partial charge in [-0.15, -0.1) is 0 Å². The molecule has 54 valence electrons. The van der Waals surface area contributed by atoms with E-state index in [-0.39, 0.29) is 1.43 Å². The van der Waals surface area contributed by atoms with E-state index in [2.05, 4.69) is 49.4 Å². The first-order valence-electron chi connectivity index (χ1n) is 3.82. The van der Waals surface area contributed by atoms with Crippen LogP contribution >= 0.6 is 0 Å². The van der Waals surface area contributed by atoms with Crippen molar-refractivity contribution in [1.29, 1.82) is 0 Å². The molecule has 0 N–H and O–H groups in total. The van der Waals surface area contributed by atoms with Crippen molar-refractivity contribution in [3.8, 4) is 0 Å². The zero-order chi connectivity index (χ0) is 7.68. The fraction of sp³-hybridized carbons (Fsp3) is 0.0909. The highest BCUT2D eigenvalue weighted by molar-refractivity contribution is 5.82. The second-order valence-corrected chi connectivity index (χ2v) is 2.85. The van der Waals surface area contributed by atoms with Crippen LogP contribution in [0.1, 0.15) is 6.99 Å². The van der Waals surface area contributed by atoms with Crippen LogP contribution in [0.15, 0.2) is 42.5 Å². The van der Waals surface area contributed by atoms with Crippen molar-refractivity contribution in [3.63, 3.8) is 0 Å². The molecule has 0 heteroatoms. The molecule has 0 fully saturated rings. The van der Waals surface area contributed by atoms with Gasteiger partial charge in [0.2, 0.25) is 0 Å². The average molecular weight is 143 g/mol. The minimum absolute atomic E-state index is 0. The van der Waals surface area contributed by atoms with Crippen molar-refractivity contribution in [2.45, 2.75) is 6.92 Å². The molecule has 0 saturated heterocycles. The third-order valence-electron chi connectivity index (χ3n) is 1.90. The van der Waals surface area contributed by atoms with Crippen LogP contribution in [0.5, 0.6) is 0 Å². The van der Waals surface area contributed by atoms with Gasteiger partial charge in [-0.2, -0.15) is 0 Å². The molecular formula is C11H11+. The van der Waals surface area contributed by atoms with Crippen LogP contribution in [-0.2, 0) is 0 Å². The van der Waals surface area contributed by atoms with Crippen LogP contribution in [0.2, 0.25) is 0 Å². The molecule has 0 aliphatic rings. The molecule has 0 nitrogen and oxygen atoms in total. The topological polar surface area (TPSA) is 0 Å². The number of rotatable bonds is 0. The van der Waals surface area contributed by atoms with Crippen molar-refractivity contribution in [2.24, 2.45) is 0 Å². The molecule has 2 rings (SSSR count). The van der Waals surface area contributed by atoms with E-state index in [9.17, 15) is 0 Å². The summed E-state index contributed by atoms with van der Waals surface area (Å²) in [5.74, 6) is 0. The summed E-state index contributed by atoms with van der Waals surface area (Å²) in [4.78, 5) is 0. The molecule has 0 aromatic heterocycles. The highest BCUT2D eigenvalue weighted by Gasteiger charge is 1.89. The van der Waals surface area contributed by atoms with Crippen LogP contribution in [0.25, 0.3) is 10.8 Å². The van der Waals surface area contributed by atoms with E-state index in [1.54, 1.807) is 0 Å². The van der Waals surface area contributed by atoms with E-state index in [1.807, 2.05) is 0 Å². The predicted octanol–water partition coefficient (Wildman–Crippen LogP) is 3.26. The fourth-order valence-electron chi connectivity index (χ4n) is 1.31.